The van der Waals surface area contributed by atoms with Gasteiger partial charge in [0.15, 0.2) is 18.1 Å². The zero-order valence-electron chi connectivity index (χ0n) is 19.8. The highest BCUT2D eigenvalue weighted by atomic mass is 32.2. The Morgan fingerprint density at radius 1 is 1.16 bits per heavy atom. The highest BCUT2D eigenvalue weighted by molar-refractivity contribution is 8.00. The lowest BCUT2D eigenvalue weighted by Gasteiger charge is -2.49. The summed E-state index contributed by atoms with van der Waals surface area (Å²) in [5.74, 6) is -2.15. The van der Waals surface area contributed by atoms with Crippen molar-refractivity contribution < 1.29 is 41.4 Å². The maximum Gasteiger partial charge on any atom is 0.359 e. The van der Waals surface area contributed by atoms with Gasteiger partial charge in [0.1, 0.15) is 23.8 Å². The molecule has 0 aromatic heterocycles. The quantitative estimate of drug-likeness (QED) is 0.145. The van der Waals surface area contributed by atoms with E-state index in [1.807, 2.05) is 0 Å². The smallest absolute Gasteiger partial charge is 0.359 e. The van der Waals surface area contributed by atoms with Crippen LogP contribution in [0.5, 0.6) is 5.75 Å². The van der Waals surface area contributed by atoms with Crippen molar-refractivity contribution in [2.45, 2.75) is 18.0 Å². The van der Waals surface area contributed by atoms with Gasteiger partial charge in [-0.2, -0.15) is 8.42 Å². The van der Waals surface area contributed by atoms with Crippen molar-refractivity contribution in [2.75, 3.05) is 18.6 Å². The van der Waals surface area contributed by atoms with Gasteiger partial charge in [0.25, 0.3) is 17.5 Å². The number of nitro groups is 1. The lowest BCUT2D eigenvalue weighted by atomic mass is 10.0. The summed E-state index contributed by atoms with van der Waals surface area (Å²) in [4.78, 5) is 49.6. The number of hydrogen-bond donors (Lipinski definition) is 1. The molecule has 38 heavy (non-hydrogen) atoms. The minimum atomic E-state index is -4.04. The minimum Gasteiger partial charge on any atom is -0.484 e. The maximum atomic E-state index is 13.0. The van der Waals surface area contributed by atoms with Crippen LogP contribution in [0.25, 0.3) is 0 Å². The number of non-ortho nitro benzene ring substituents is 1. The number of thioether (sulfide) groups is 1. The van der Waals surface area contributed by atoms with Crippen LogP contribution in [0, 0.1) is 10.1 Å². The van der Waals surface area contributed by atoms with Crippen LogP contribution in [0.4, 0.5) is 5.69 Å². The average molecular weight is 564 g/mol. The van der Waals surface area contributed by atoms with E-state index in [-0.39, 0.29) is 30.4 Å². The van der Waals surface area contributed by atoms with Crippen molar-refractivity contribution in [3.63, 3.8) is 0 Å². The van der Waals surface area contributed by atoms with E-state index in [9.17, 15) is 32.9 Å². The molecular weight excluding hydrogens is 542 g/mol. The maximum absolute atomic E-state index is 13.0. The van der Waals surface area contributed by atoms with Gasteiger partial charge in [0.2, 0.25) is 0 Å². The Hall–Kier alpha value is -4.11. The first-order valence-electron chi connectivity index (χ1n) is 11.0. The fraction of sp³-hybridized carbons (Fsp3) is 0.261. The van der Waals surface area contributed by atoms with E-state index < -0.39 is 49.9 Å². The summed E-state index contributed by atoms with van der Waals surface area (Å²) in [6.45, 7) is -0.642. The van der Waals surface area contributed by atoms with Gasteiger partial charge in [0.05, 0.1) is 16.9 Å². The molecule has 2 aromatic rings. The van der Waals surface area contributed by atoms with Gasteiger partial charge in [0, 0.05) is 12.1 Å². The number of carbonyl (C=O) groups excluding carboxylic acids is 3. The molecule has 0 spiro atoms. The number of nitrogens with zero attached hydrogens (tertiary/aromatic N) is 2. The Morgan fingerprint density at radius 2 is 1.84 bits per heavy atom. The average Bonchev–Trinajstić information content (AvgIpc) is 2.88. The van der Waals surface area contributed by atoms with Gasteiger partial charge in [-0.25, -0.2) is 4.79 Å². The minimum absolute atomic E-state index is 0.0869. The summed E-state index contributed by atoms with van der Waals surface area (Å²) in [6, 6.07) is 12.9. The van der Waals surface area contributed by atoms with E-state index in [4.69, 9.17) is 13.7 Å². The highest BCUT2D eigenvalue weighted by Crippen LogP contribution is 2.41. The Kier molecular flexibility index (Phi) is 7.87. The summed E-state index contributed by atoms with van der Waals surface area (Å²) in [5, 5.41) is 12.7. The van der Waals surface area contributed by atoms with Gasteiger partial charge < -0.3 is 19.0 Å². The number of β-lactam (4-membered cyclic amide) rings is 1. The lowest BCUT2D eigenvalue weighted by Crippen LogP contribution is -2.71. The number of fused-ring (bicyclic) bond motifs is 1. The van der Waals surface area contributed by atoms with E-state index in [1.165, 1.54) is 24.3 Å². The molecule has 1 unspecified atom stereocenters. The molecule has 2 aliphatic rings. The van der Waals surface area contributed by atoms with Crippen molar-refractivity contribution in [3.05, 3.63) is 81.7 Å². The number of rotatable bonds is 10. The van der Waals surface area contributed by atoms with E-state index in [1.54, 1.807) is 30.3 Å². The Labute approximate surface area is 221 Å². The Balaban J connectivity index is 1.45. The molecule has 1 saturated heterocycles. The van der Waals surface area contributed by atoms with Crippen molar-refractivity contribution in [2.24, 2.45) is 0 Å². The molecule has 0 bridgehead atoms. The molecule has 4 rings (SSSR count). The molecule has 1 N–H and O–H groups in total. The van der Waals surface area contributed by atoms with Crippen LogP contribution in [0.2, 0.25) is 0 Å². The largest absolute Gasteiger partial charge is 0.484 e. The van der Waals surface area contributed by atoms with E-state index >= 15 is 0 Å². The summed E-state index contributed by atoms with van der Waals surface area (Å²) in [6.07, 6.45) is 0.796. The fourth-order valence-electron chi connectivity index (χ4n) is 3.64. The van der Waals surface area contributed by atoms with Crippen LogP contribution in [0.3, 0.4) is 0 Å². The van der Waals surface area contributed by atoms with Gasteiger partial charge in [-0.05, 0) is 29.8 Å². The zero-order valence-corrected chi connectivity index (χ0v) is 21.4. The predicted octanol–water partition coefficient (Wildman–Crippen LogP) is 1.30. The first kappa shape index (κ1) is 26.9. The third kappa shape index (κ3) is 6.23. The third-order valence-corrected chi connectivity index (χ3v) is 7.08. The van der Waals surface area contributed by atoms with Crippen LogP contribution in [0.1, 0.15) is 5.56 Å². The summed E-state index contributed by atoms with van der Waals surface area (Å²) < 4.78 is 39.2. The second kappa shape index (κ2) is 11.1. The molecule has 2 aromatic carbocycles. The number of hydrogen-bond acceptors (Lipinski definition) is 11. The van der Waals surface area contributed by atoms with Crippen LogP contribution < -0.4 is 10.1 Å². The topological polar surface area (TPSA) is 171 Å². The molecule has 1 fully saturated rings. The second-order valence-electron chi connectivity index (χ2n) is 8.12. The molecular formula is C23H21N3O10S2. The van der Waals surface area contributed by atoms with Crippen molar-refractivity contribution >= 4 is 45.4 Å². The van der Waals surface area contributed by atoms with Gasteiger partial charge >= 0.3 is 16.1 Å². The van der Waals surface area contributed by atoms with Crippen molar-refractivity contribution in [3.8, 4) is 5.75 Å². The SMILES string of the molecule is CS(=O)(=O)OC1=C(C(=O)OCc2ccc([N+](=O)[O-])cc2)N2C(=O)C(NC(=O)COc3ccccc3)[C@H]2SC1. The number of carbonyl (C=O) groups is 3. The van der Waals surface area contributed by atoms with Crippen molar-refractivity contribution in [1.29, 1.82) is 0 Å². The number of esters is 1. The third-order valence-electron chi connectivity index (χ3n) is 5.33. The zero-order chi connectivity index (χ0) is 27.4. The van der Waals surface area contributed by atoms with Gasteiger partial charge in [-0.3, -0.25) is 24.6 Å². The molecule has 2 heterocycles. The Morgan fingerprint density at radius 3 is 2.47 bits per heavy atom. The first-order valence-corrected chi connectivity index (χ1v) is 13.8. The van der Waals surface area contributed by atoms with E-state index in [0.29, 0.717) is 11.3 Å². The number of ether oxygens (including phenoxy) is 2. The number of nitrogens with one attached hydrogen (secondary N) is 1. The molecule has 13 nitrogen and oxygen atoms in total. The molecule has 200 valence electrons. The van der Waals surface area contributed by atoms with Crippen LogP contribution in [0.15, 0.2) is 66.1 Å². The number of nitro benzene ring substituents is 1. The van der Waals surface area contributed by atoms with Gasteiger partial charge in [-0.15, -0.1) is 11.8 Å². The van der Waals surface area contributed by atoms with Crippen LogP contribution in [-0.4, -0.2) is 66.1 Å². The van der Waals surface area contributed by atoms with Crippen molar-refractivity contribution in [1.82, 2.24) is 10.2 Å². The van der Waals surface area contributed by atoms with Gasteiger partial charge in [-0.1, -0.05) is 18.2 Å². The standard InChI is InChI=1S/C23H21N3O10S2/c1-38(32,33)36-17-13-37-22-19(24-18(27)12-34-16-5-3-2-4-6-16)21(28)25(22)20(17)23(29)35-11-14-7-9-15(10-8-14)26(30)31/h2-10,19,22H,11-13H2,1H3,(H,24,27)/t19?,22-/m1/s1. The molecule has 2 amide bonds. The number of amides is 2. The fourth-order valence-corrected chi connectivity index (χ4v) is 5.47. The summed E-state index contributed by atoms with van der Waals surface area (Å²) in [5.41, 5.74) is -0.111. The first-order chi connectivity index (χ1) is 18.0. The molecule has 2 aliphatic heterocycles. The van der Waals surface area contributed by atoms with Crippen LogP contribution >= 0.6 is 11.8 Å². The monoisotopic (exact) mass is 563 g/mol. The predicted molar refractivity (Wildman–Crippen MR) is 133 cm³/mol. The second-order valence-corrected chi connectivity index (χ2v) is 10.8. The number of para-hydroxylation sites is 1. The van der Waals surface area contributed by atoms with Crippen LogP contribution in [-0.2, 0) is 40.0 Å². The van der Waals surface area contributed by atoms with E-state index in [2.05, 4.69) is 5.32 Å². The molecule has 2 atom stereocenters. The molecule has 0 saturated carbocycles. The molecule has 0 aliphatic carbocycles. The Bertz CT molecular complexity index is 1390. The normalized spacial score (nSPS) is 18.7. The summed E-state index contributed by atoms with van der Waals surface area (Å²) >= 11 is 1.10. The van der Waals surface area contributed by atoms with E-state index in [0.717, 1.165) is 22.9 Å². The molecule has 0 radical (unpaired) electrons. The lowest BCUT2D eigenvalue weighted by molar-refractivity contribution is -0.384. The molecule has 15 heteroatoms. The number of benzene rings is 2. The highest BCUT2D eigenvalue weighted by Gasteiger charge is 2.55. The summed E-state index contributed by atoms with van der Waals surface area (Å²) in [7, 11) is -4.04.